The number of hydrogen-bond acceptors (Lipinski definition) is 7. The number of pyridine rings is 1. The van der Waals surface area contributed by atoms with Crippen molar-refractivity contribution in [2.75, 3.05) is 24.0 Å². The van der Waals surface area contributed by atoms with Crippen LogP contribution in [0.1, 0.15) is 33.1 Å². The van der Waals surface area contributed by atoms with E-state index in [1.807, 2.05) is 91.3 Å². The Morgan fingerprint density at radius 3 is 2.64 bits per heavy atom. The van der Waals surface area contributed by atoms with Crippen LogP contribution in [0, 0.1) is 13.8 Å². The van der Waals surface area contributed by atoms with Crippen LogP contribution in [-0.4, -0.2) is 45.7 Å². The van der Waals surface area contributed by atoms with Crippen molar-refractivity contribution in [3.05, 3.63) is 119 Å². The number of carbonyl (C=O) groups excluding carboxylic acids is 2. The number of ether oxygens (including phenoxy) is 2. The van der Waals surface area contributed by atoms with E-state index in [4.69, 9.17) is 14.6 Å². The fourth-order valence-corrected chi connectivity index (χ4v) is 6.97. The first-order valence-corrected chi connectivity index (χ1v) is 15.7. The van der Waals surface area contributed by atoms with Crippen molar-refractivity contribution >= 4 is 29.4 Å². The van der Waals surface area contributed by atoms with Crippen LogP contribution in [-0.2, 0) is 16.1 Å². The Bertz CT molecular complexity index is 1890. The third kappa shape index (κ3) is 5.64. The lowest BCUT2D eigenvalue weighted by Crippen LogP contribution is -2.42. The zero-order chi connectivity index (χ0) is 30.9. The molecule has 5 aromatic rings. The first-order chi connectivity index (χ1) is 22.0. The minimum atomic E-state index is -0.281. The number of amides is 2. The molecule has 10 heteroatoms. The molecule has 2 aromatic heterocycles. The summed E-state index contributed by atoms with van der Waals surface area (Å²) in [5.74, 6) is 1.65. The second-order valence-corrected chi connectivity index (χ2v) is 12.2. The molecule has 2 aliphatic rings. The molecule has 0 radical (unpaired) electrons. The average Bonchev–Trinajstić information content (AvgIpc) is 3.65. The van der Waals surface area contributed by atoms with Gasteiger partial charge in [0.15, 0.2) is 11.5 Å². The third-order valence-electron chi connectivity index (χ3n) is 7.93. The average molecular weight is 618 g/mol. The molecule has 1 unspecified atom stereocenters. The largest absolute Gasteiger partial charge is 0.454 e. The van der Waals surface area contributed by atoms with Crippen LogP contribution >= 0.6 is 11.8 Å². The molecule has 9 nitrogen and oxygen atoms in total. The number of carbonyl (C=O) groups is 2. The van der Waals surface area contributed by atoms with Crippen molar-refractivity contribution in [1.82, 2.24) is 20.1 Å². The maximum absolute atomic E-state index is 14.0. The highest BCUT2D eigenvalue weighted by molar-refractivity contribution is 8.00. The van der Waals surface area contributed by atoms with Crippen LogP contribution in [0.25, 0.3) is 16.9 Å². The van der Waals surface area contributed by atoms with E-state index in [1.165, 1.54) is 11.8 Å². The zero-order valence-electron chi connectivity index (χ0n) is 24.9. The molecule has 7 rings (SSSR count). The van der Waals surface area contributed by atoms with Gasteiger partial charge in [-0.05, 0) is 54.8 Å². The van der Waals surface area contributed by atoms with Gasteiger partial charge in [-0.25, -0.2) is 4.68 Å². The van der Waals surface area contributed by atoms with Crippen LogP contribution in [0.2, 0.25) is 0 Å². The number of aromatic nitrogens is 3. The van der Waals surface area contributed by atoms with E-state index in [9.17, 15) is 9.59 Å². The summed E-state index contributed by atoms with van der Waals surface area (Å²) in [6, 6.07) is 25.7. The lowest BCUT2D eigenvalue weighted by Gasteiger charge is -2.24. The number of benzene rings is 3. The summed E-state index contributed by atoms with van der Waals surface area (Å²) in [6.45, 7) is 4.39. The Balaban J connectivity index is 1.40. The van der Waals surface area contributed by atoms with Gasteiger partial charge in [-0.3, -0.25) is 19.5 Å². The molecule has 1 N–H and O–H groups in total. The summed E-state index contributed by atoms with van der Waals surface area (Å²) in [5, 5.41) is 7.90. The van der Waals surface area contributed by atoms with E-state index in [2.05, 4.69) is 16.4 Å². The molecule has 2 aliphatic heterocycles. The molecule has 0 saturated heterocycles. The topological polar surface area (TPSA) is 98.6 Å². The van der Waals surface area contributed by atoms with Crippen molar-refractivity contribution in [1.29, 1.82) is 0 Å². The number of hydrogen-bond donors (Lipinski definition) is 1. The lowest BCUT2D eigenvalue weighted by atomic mass is 9.99. The van der Waals surface area contributed by atoms with E-state index < -0.39 is 0 Å². The highest BCUT2D eigenvalue weighted by atomic mass is 32.2. The summed E-state index contributed by atoms with van der Waals surface area (Å²) >= 11 is 1.52. The summed E-state index contributed by atoms with van der Waals surface area (Å²) < 4.78 is 13.2. The molecule has 0 bridgehead atoms. The van der Waals surface area contributed by atoms with Crippen LogP contribution in [0.3, 0.4) is 0 Å². The summed E-state index contributed by atoms with van der Waals surface area (Å²) in [6.07, 6.45) is 3.40. The van der Waals surface area contributed by atoms with Gasteiger partial charge in [-0.2, -0.15) is 5.10 Å². The van der Waals surface area contributed by atoms with Gasteiger partial charge in [0.25, 0.3) is 0 Å². The van der Waals surface area contributed by atoms with Gasteiger partial charge in [0.2, 0.25) is 18.6 Å². The van der Waals surface area contributed by atoms with Crippen molar-refractivity contribution < 1.29 is 19.1 Å². The fraction of sp³-hybridized carbons (Fsp3) is 0.200. The summed E-state index contributed by atoms with van der Waals surface area (Å²) in [7, 11) is 0. The Morgan fingerprint density at radius 2 is 1.84 bits per heavy atom. The molecule has 0 aliphatic carbocycles. The molecular weight excluding hydrogens is 586 g/mol. The molecule has 226 valence electrons. The van der Waals surface area contributed by atoms with Crippen LogP contribution in [0.4, 0.5) is 5.82 Å². The lowest BCUT2D eigenvalue weighted by molar-refractivity contribution is -0.123. The quantitative estimate of drug-likeness (QED) is 0.248. The van der Waals surface area contributed by atoms with Gasteiger partial charge < -0.3 is 14.8 Å². The van der Waals surface area contributed by atoms with Gasteiger partial charge >= 0.3 is 0 Å². The van der Waals surface area contributed by atoms with E-state index in [1.54, 1.807) is 17.3 Å². The molecule has 3 aromatic carbocycles. The van der Waals surface area contributed by atoms with Crippen molar-refractivity contribution in [2.45, 2.75) is 25.6 Å². The zero-order valence-corrected chi connectivity index (χ0v) is 25.7. The van der Waals surface area contributed by atoms with Crippen LogP contribution in [0.5, 0.6) is 11.5 Å². The summed E-state index contributed by atoms with van der Waals surface area (Å²) in [4.78, 5) is 33.2. The molecule has 0 saturated carbocycles. The minimum absolute atomic E-state index is 0.161. The van der Waals surface area contributed by atoms with Gasteiger partial charge in [0.05, 0.1) is 22.4 Å². The van der Waals surface area contributed by atoms with E-state index in [0.717, 1.165) is 44.8 Å². The molecule has 2 amide bonds. The normalized spacial score (nSPS) is 15.5. The Labute approximate surface area is 265 Å². The molecule has 0 fully saturated rings. The van der Waals surface area contributed by atoms with Crippen LogP contribution < -0.4 is 19.7 Å². The number of aryl methyl sites for hydroxylation is 2. The standard InChI is InChI=1S/C35H31N5O4S/c1-22-10-12-27(23(2)15-22)40-35-32(33(38-40)25-8-4-3-5-9-25)34(26-11-13-28-29(16-26)44-21-43-28)45-20-31(42)39(35)19-30(41)37-18-24-7-6-14-36-17-24/h3-17,34H,18-21H2,1-2H3,(H,37,41). The van der Waals surface area contributed by atoms with E-state index >= 15 is 0 Å². The number of nitrogens with zero attached hydrogens (tertiary/aromatic N) is 4. The highest BCUT2D eigenvalue weighted by Crippen LogP contribution is 2.50. The predicted octanol–water partition coefficient (Wildman–Crippen LogP) is 5.77. The summed E-state index contributed by atoms with van der Waals surface area (Å²) in [5.41, 5.74) is 7.31. The smallest absolute Gasteiger partial charge is 0.240 e. The monoisotopic (exact) mass is 617 g/mol. The van der Waals surface area contributed by atoms with Gasteiger partial charge in [0.1, 0.15) is 12.4 Å². The predicted molar refractivity (Wildman–Crippen MR) is 174 cm³/mol. The molecule has 45 heavy (non-hydrogen) atoms. The Morgan fingerprint density at radius 1 is 1.00 bits per heavy atom. The second kappa shape index (κ2) is 12.1. The van der Waals surface area contributed by atoms with Gasteiger partial charge in [0, 0.05) is 30.1 Å². The number of anilines is 1. The molecular formula is C35H31N5O4S. The van der Waals surface area contributed by atoms with Gasteiger partial charge in [-0.1, -0.05) is 60.2 Å². The Hall–Kier alpha value is -5.09. The first-order valence-electron chi connectivity index (χ1n) is 14.7. The van der Waals surface area contributed by atoms with E-state index in [0.29, 0.717) is 23.9 Å². The van der Waals surface area contributed by atoms with Gasteiger partial charge in [-0.15, -0.1) is 11.8 Å². The Kier molecular flexibility index (Phi) is 7.72. The first kappa shape index (κ1) is 28.7. The molecule has 0 spiro atoms. The number of nitrogens with one attached hydrogen (secondary N) is 1. The number of thioether (sulfide) groups is 1. The number of fused-ring (bicyclic) bond motifs is 2. The van der Waals surface area contributed by atoms with Crippen LogP contribution in [0.15, 0.2) is 91.3 Å². The molecule has 1 atom stereocenters. The van der Waals surface area contributed by atoms with Crippen molar-refractivity contribution in [3.8, 4) is 28.4 Å². The second-order valence-electron chi connectivity index (χ2n) is 11.1. The maximum atomic E-state index is 14.0. The van der Waals surface area contributed by atoms with E-state index in [-0.39, 0.29) is 36.2 Å². The van der Waals surface area contributed by atoms with Crippen molar-refractivity contribution in [2.24, 2.45) is 0 Å². The maximum Gasteiger partial charge on any atom is 0.240 e. The van der Waals surface area contributed by atoms with Crippen molar-refractivity contribution in [3.63, 3.8) is 0 Å². The fourth-order valence-electron chi connectivity index (χ4n) is 5.78. The molecule has 4 heterocycles. The third-order valence-corrected chi connectivity index (χ3v) is 9.19. The highest BCUT2D eigenvalue weighted by Gasteiger charge is 2.38. The SMILES string of the molecule is Cc1ccc(-n2nc(-c3ccccc3)c3c2N(CC(=O)NCc2cccnc2)C(=O)CSC3c2ccc3c(c2)OCO3)c(C)c1. The number of rotatable bonds is 7. The minimum Gasteiger partial charge on any atom is -0.454 e.